The van der Waals surface area contributed by atoms with Crippen molar-refractivity contribution in [2.75, 3.05) is 25.5 Å². The third-order valence-electron chi connectivity index (χ3n) is 7.29. The molecule has 0 fully saturated rings. The first-order valence-corrected chi connectivity index (χ1v) is 16.9. The molecule has 15 heteroatoms. The maximum Gasteiger partial charge on any atom is 0.425 e. The number of benzene rings is 2. The molecular weight excluding hydrogens is 640 g/mol. The average Bonchev–Trinajstić information content (AvgIpc) is 3.31. The Morgan fingerprint density at radius 1 is 1.00 bits per heavy atom. The Morgan fingerprint density at radius 3 is 2.25 bits per heavy atom. The zero-order valence-corrected chi connectivity index (χ0v) is 29.0. The van der Waals surface area contributed by atoms with Gasteiger partial charge in [-0.2, -0.15) is 12.7 Å². The summed E-state index contributed by atoms with van der Waals surface area (Å²) in [6.07, 6.45) is -0.392. The van der Waals surface area contributed by atoms with E-state index >= 15 is 0 Å². The predicted molar refractivity (Wildman–Crippen MR) is 181 cm³/mol. The number of pyridine rings is 1. The number of nitrogens with two attached hydrogens (primary N) is 2. The van der Waals surface area contributed by atoms with Crippen molar-refractivity contribution in [1.82, 2.24) is 18.8 Å². The number of carbonyl (C=O) groups excluding carboxylic acids is 2. The Kier molecular flexibility index (Phi) is 11.0. The Morgan fingerprint density at radius 2 is 1.65 bits per heavy atom. The van der Waals surface area contributed by atoms with Crippen LogP contribution in [0.15, 0.2) is 42.5 Å². The molecule has 2 aromatic heterocycles. The lowest BCUT2D eigenvalue weighted by Gasteiger charge is -2.29. The van der Waals surface area contributed by atoms with Gasteiger partial charge in [-0.25, -0.2) is 14.8 Å². The van der Waals surface area contributed by atoms with Crippen LogP contribution in [0.25, 0.3) is 21.9 Å². The maximum atomic E-state index is 12.5. The molecule has 2 heterocycles. The molecule has 260 valence electrons. The van der Waals surface area contributed by atoms with Crippen molar-refractivity contribution in [2.45, 2.75) is 78.7 Å². The summed E-state index contributed by atoms with van der Waals surface area (Å²) in [6, 6.07) is 13.7. The topological polar surface area (TPSA) is 202 Å². The van der Waals surface area contributed by atoms with Crippen molar-refractivity contribution in [2.24, 2.45) is 5.73 Å². The predicted octanol–water partition coefficient (Wildman–Crippen LogP) is 4.16. The van der Waals surface area contributed by atoms with Gasteiger partial charge in [0.25, 0.3) is 0 Å². The van der Waals surface area contributed by atoms with Crippen LogP contribution in [0.5, 0.6) is 0 Å². The van der Waals surface area contributed by atoms with E-state index < -0.39 is 34.1 Å². The summed E-state index contributed by atoms with van der Waals surface area (Å²) >= 11 is 0. The van der Waals surface area contributed by atoms with Gasteiger partial charge in [-0.05, 0) is 70.7 Å². The normalized spacial score (nSPS) is 12.5. The van der Waals surface area contributed by atoms with Crippen LogP contribution in [0.1, 0.15) is 64.1 Å². The Balaban J connectivity index is 1.63. The van der Waals surface area contributed by atoms with Crippen molar-refractivity contribution in [3.63, 3.8) is 0 Å². The number of hydrogen-bond donors (Lipinski definition) is 3. The molecule has 48 heavy (non-hydrogen) atoms. The molecule has 0 bridgehead atoms. The van der Waals surface area contributed by atoms with Gasteiger partial charge in [0, 0.05) is 12.0 Å². The van der Waals surface area contributed by atoms with Crippen molar-refractivity contribution in [3.05, 3.63) is 65.0 Å². The van der Waals surface area contributed by atoms with E-state index in [1.165, 1.54) is 0 Å². The number of carbonyl (C=O) groups is 2. The van der Waals surface area contributed by atoms with Gasteiger partial charge in [-0.1, -0.05) is 36.4 Å². The van der Waals surface area contributed by atoms with E-state index in [9.17, 15) is 22.6 Å². The molecule has 4 aromatic rings. The number of aromatic nitrogens is 3. The average molecular weight is 685 g/mol. The van der Waals surface area contributed by atoms with E-state index in [2.05, 4.69) is 4.98 Å². The third kappa shape index (κ3) is 9.40. The van der Waals surface area contributed by atoms with E-state index in [0.29, 0.717) is 29.9 Å². The van der Waals surface area contributed by atoms with Gasteiger partial charge in [-0.3, -0.25) is 9.35 Å². The van der Waals surface area contributed by atoms with Crippen molar-refractivity contribution >= 4 is 50.1 Å². The van der Waals surface area contributed by atoms with Gasteiger partial charge in [0.15, 0.2) is 5.82 Å². The number of nitrogens with zero attached hydrogens (tertiary/aromatic N) is 4. The zero-order valence-electron chi connectivity index (χ0n) is 28.1. The summed E-state index contributed by atoms with van der Waals surface area (Å²) < 4.78 is 52.7. The summed E-state index contributed by atoms with van der Waals surface area (Å²) in [6.45, 7) is 10.5. The first-order chi connectivity index (χ1) is 22.4. The van der Waals surface area contributed by atoms with Crippen molar-refractivity contribution < 1.29 is 36.8 Å². The van der Waals surface area contributed by atoms with Crippen LogP contribution in [0.3, 0.4) is 0 Å². The highest BCUT2D eigenvalue weighted by molar-refractivity contribution is 7.83. The molecule has 2 amide bonds. The molecule has 0 radical (unpaired) electrons. The second kappa shape index (κ2) is 14.4. The lowest BCUT2D eigenvalue weighted by Crippen LogP contribution is -2.43. The minimum Gasteiger partial charge on any atom is -0.443 e. The number of rotatable bonds is 14. The number of anilines is 1. The number of primary amides is 1. The first-order valence-electron chi connectivity index (χ1n) is 15.5. The number of fused-ring (bicyclic) bond motifs is 3. The molecule has 0 atom stereocenters. The van der Waals surface area contributed by atoms with Crippen LogP contribution < -0.4 is 11.5 Å². The lowest BCUT2D eigenvalue weighted by atomic mass is 10.0. The standard InChI is InChI=1S/C33H44N6O8S/c1-7-45-19-27-37-28-29(38(27)20-33(5,6)46-15-14-39(48(42,43)44)31(41)47-32(2,3)4)24-13-12-23(17-25(24)36-30(28)35)16-21-8-10-22(11-9-21)18-26(34)40/h8-13,17H,7,14-16,18-20H2,1-6H3,(H2,34,40)(H2,35,36)(H,42,43,44). The molecule has 14 nitrogen and oxygen atoms in total. The fraction of sp³-hybridized carbons (Fsp3) is 0.455. The number of imidazole rings is 1. The van der Waals surface area contributed by atoms with Gasteiger partial charge in [-0.15, -0.1) is 0 Å². The minimum atomic E-state index is -4.90. The number of ether oxygens (including phenoxy) is 3. The number of nitrogen functional groups attached to an aromatic ring is 1. The van der Waals surface area contributed by atoms with E-state index in [4.69, 9.17) is 30.7 Å². The van der Waals surface area contributed by atoms with Gasteiger partial charge < -0.3 is 30.2 Å². The molecule has 0 aliphatic heterocycles. The SMILES string of the molecule is CCOCc1nc2c(N)nc3cc(Cc4ccc(CC(N)=O)cc4)ccc3c2n1CC(C)(C)OCCN(C(=O)OC(C)(C)C)S(=O)(=O)O. The largest absolute Gasteiger partial charge is 0.443 e. The van der Waals surface area contributed by atoms with Crippen LogP contribution >= 0.6 is 0 Å². The Labute approximate surface area is 280 Å². The van der Waals surface area contributed by atoms with E-state index in [1.54, 1.807) is 20.8 Å². The molecule has 0 spiro atoms. The fourth-order valence-corrected chi connectivity index (χ4v) is 5.78. The van der Waals surface area contributed by atoms with Crippen molar-refractivity contribution in [1.29, 1.82) is 0 Å². The molecule has 0 aliphatic carbocycles. The van der Waals surface area contributed by atoms with E-state index in [0.717, 1.165) is 27.6 Å². The van der Waals surface area contributed by atoms with E-state index in [1.807, 2.05) is 67.8 Å². The molecule has 0 aliphatic rings. The van der Waals surface area contributed by atoms with Crippen LogP contribution in [0.2, 0.25) is 0 Å². The molecular formula is C33H44N6O8S. The van der Waals surface area contributed by atoms with Crippen LogP contribution in [0.4, 0.5) is 10.6 Å². The summed E-state index contributed by atoms with van der Waals surface area (Å²) in [5, 5.41) is 0.813. The molecule has 5 N–H and O–H groups in total. The summed E-state index contributed by atoms with van der Waals surface area (Å²) in [7, 11) is -4.90. The second-order valence-electron chi connectivity index (χ2n) is 13.1. The summed E-state index contributed by atoms with van der Waals surface area (Å²) in [5.74, 6) is 0.465. The van der Waals surface area contributed by atoms with Crippen LogP contribution in [-0.4, -0.2) is 74.8 Å². The van der Waals surface area contributed by atoms with Gasteiger partial charge in [0.2, 0.25) is 5.91 Å². The Hall–Kier alpha value is -4.31. The Bertz CT molecular complexity index is 1900. The van der Waals surface area contributed by atoms with Crippen molar-refractivity contribution in [3.8, 4) is 0 Å². The maximum absolute atomic E-state index is 12.5. The highest BCUT2D eigenvalue weighted by Crippen LogP contribution is 2.32. The highest BCUT2D eigenvalue weighted by Gasteiger charge is 2.32. The van der Waals surface area contributed by atoms with Crippen LogP contribution in [-0.2, 0) is 55.3 Å². The molecule has 0 saturated heterocycles. The molecule has 0 saturated carbocycles. The molecule has 4 rings (SSSR count). The molecule has 0 unspecified atom stereocenters. The summed E-state index contributed by atoms with van der Waals surface area (Å²) in [5.41, 5.74) is 14.7. The quantitative estimate of drug-likeness (QED) is 0.161. The monoisotopic (exact) mass is 684 g/mol. The van der Waals surface area contributed by atoms with E-state index in [-0.39, 0.29) is 42.2 Å². The summed E-state index contributed by atoms with van der Waals surface area (Å²) in [4.78, 5) is 33.2. The van der Waals surface area contributed by atoms with Gasteiger partial charge in [0.1, 0.15) is 23.5 Å². The minimum absolute atomic E-state index is 0.186. The fourth-order valence-electron chi connectivity index (χ4n) is 5.24. The third-order valence-corrected chi connectivity index (χ3v) is 8.18. The second-order valence-corrected chi connectivity index (χ2v) is 14.4. The molecule has 2 aromatic carbocycles. The zero-order chi connectivity index (χ0) is 35.4. The highest BCUT2D eigenvalue weighted by atomic mass is 32.2. The van der Waals surface area contributed by atoms with Gasteiger partial charge >= 0.3 is 16.4 Å². The smallest absolute Gasteiger partial charge is 0.425 e. The first kappa shape index (κ1) is 36.5. The lowest BCUT2D eigenvalue weighted by molar-refractivity contribution is -0.117. The van der Waals surface area contributed by atoms with Crippen LogP contribution in [0, 0.1) is 0 Å². The number of amides is 2. The van der Waals surface area contributed by atoms with Gasteiger partial charge in [0.05, 0.1) is 42.8 Å². The number of hydrogen-bond acceptors (Lipinski definition) is 10.